The third-order valence-electron chi connectivity index (χ3n) is 2.84. The van der Waals surface area contributed by atoms with Gasteiger partial charge in [-0.2, -0.15) is 0 Å². The summed E-state index contributed by atoms with van der Waals surface area (Å²) in [5.74, 6) is 0. The number of hydrogen-bond acceptors (Lipinski definition) is 3. The van der Waals surface area contributed by atoms with E-state index in [0.29, 0.717) is 6.54 Å². The van der Waals surface area contributed by atoms with E-state index in [1.54, 1.807) is 16.2 Å². The van der Waals surface area contributed by atoms with Gasteiger partial charge in [-0.1, -0.05) is 0 Å². The number of likely N-dealkylation sites (tertiary alicyclic amines) is 1. The molecular formula is C11H17N3OS. The first-order valence-electron chi connectivity index (χ1n) is 5.51. The predicted octanol–water partition coefficient (Wildman–Crippen LogP) is 2.01. The molecule has 1 fully saturated rings. The van der Waals surface area contributed by atoms with Gasteiger partial charge in [-0.25, -0.2) is 4.79 Å². The Balaban J connectivity index is 1.95. The van der Waals surface area contributed by atoms with E-state index in [1.165, 1.54) is 0 Å². The highest BCUT2D eigenvalue weighted by molar-refractivity contribution is 7.08. The van der Waals surface area contributed by atoms with E-state index in [-0.39, 0.29) is 12.1 Å². The van der Waals surface area contributed by atoms with Gasteiger partial charge in [-0.05, 0) is 30.7 Å². The summed E-state index contributed by atoms with van der Waals surface area (Å²) >= 11 is 1.60. The molecule has 0 aliphatic carbocycles. The Kier molecular flexibility index (Phi) is 3.46. The highest BCUT2D eigenvalue weighted by atomic mass is 32.1. The van der Waals surface area contributed by atoms with E-state index in [1.807, 2.05) is 17.7 Å². The molecular weight excluding hydrogens is 222 g/mol. The fourth-order valence-electron chi connectivity index (χ4n) is 1.88. The van der Waals surface area contributed by atoms with Gasteiger partial charge < -0.3 is 16.0 Å². The van der Waals surface area contributed by atoms with Crippen LogP contribution in [0.15, 0.2) is 10.8 Å². The number of carbonyl (C=O) groups excluding carboxylic acids is 1. The van der Waals surface area contributed by atoms with Gasteiger partial charge >= 0.3 is 6.03 Å². The van der Waals surface area contributed by atoms with Crippen LogP contribution in [0.3, 0.4) is 0 Å². The number of nitrogens with two attached hydrogens (primary N) is 1. The number of hydrogen-bond donors (Lipinski definition) is 2. The molecule has 1 aromatic heterocycles. The van der Waals surface area contributed by atoms with Crippen LogP contribution >= 0.6 is 11.3 Å². The van der Waals surface area contributed by atoms with Gasteiger partial charge in [-0.15, -0.1) is 11.3 Å². The molecule has 1 unspecified atom stereocenters. The van der Waals surface area contributed by atoms with Crippen LogP contribution in [0.25, 0.3) is 0 Å². The first-order chi connectivity index (χ1) is 7.66. The number of thiophene rings is 1. The molecule has 16 heavy (non-hydrogen) atoms. The van der Waals surface area contributed by atoms with E-state index < -0.39 is 0 Å². The molecule has 1 aliphatic heterocycles. The van der Waals surface area contributed by atoms with Crippen molar-refractivity contribution in [3.8, 4) is 0 Å². The molecule has 0 spiro atoms. The molecule has 0 aromatic carbocycles. The van der Waals surface area contributed by atoms with Crippen molar-refractivity contribution >= 4 is 23.1 Å². The van der Waals surface area contributed by atoms with Crippen molar-refractivity contribution in [1.29, 1.82) is 0 Å². The summed E-state index contributed by atoms with van der Waals surface area (Å²) in [7, 11) is 0. The molecule has 5 heteroatoms. The second kappa shape index (κ2) is 4.84. The summed E-state index contributed by atoms with van der Waals surface area (Å²) < 4.78 is 0. The van der Waals surface area contributed by atoms with Crippen LogP contribution in [0.2, 0.25) is 0 Å². The normalized spacial score (nSPS) is 20.9. The number of urea groups is 1. The monoisotopic (exact) mass is 239 g/mol. The van der Waals surface area contributed by atoms with Gasteiger partial charge in [0, 0.05) is 24.5 Å². The molecule has 2 heterocycles. The quantitative estimate of drug-likeness (QED) is 0.787. The van der Waals surface area contributed by atoms with Gasteiger partial charge in [0.05, 0.1) is 5.69 Å². The predicted molar refractivity (Wildman–Crippen MR) is 66.9 cm³/mol. The minimum atomic E-state index is -0.0309. The number of rotatable bonds is 1. The van der Waals surface area contributed by atoms with E-state index in [9.17, 15) is 4.79 Å². The Labute approximate surface area is 99.4 Å². The number of nitrogens with one attached hydrogen (secondary N) is 1. The second-order valence-corrected chi connectivity index (χ2v) is 4.99. The Hall–Kier alpha value is -1.07. The summed E-state index contributed by atoms with van der Waals surface area (Å²) in [6.45, 7) is 3.46. The zero-order valence-electron chi connectivity index (χ0n) is 9.40. The average molecular weight is 239 g/mol. The Morgan fingerprint density at radius 3 is 3.06 bits per heavy atom. The van der Waals surface area contributed by atoms with Gasteiger partial charge in [0.25, 0.3) is 0 Å². The smallest absolute Gasteiger partial charge is 0.321 e. The maximum absolute atomic E-state index is 11.9. The van der Waals surface area contributed by atoms with Crippen LogP contribution in [0, 0.1) is 6.92 Å². The van der Waals surface area contributed by atoms with Crippen molar-refractivity contribution in [2.24, 2.45) is 5.73 Å². The number of carbonyl (C=O) groups is 1. The first-order valence-corrected chi connectivity index (χ1v) is 6.45. The Bertz CT molecular complexity index is 377. The zero-order chi connectivity index (χ0) is 11.5. The fourth-order valence-corrected chi connectivity index (χ4v) is 2.66. The topological polar surface area (TPSA) is 58.4 Å². The second-order valence-electron chi connectivity index (χ2n) is 4.25. The molecule has 0 bridgehead atoms. The zero-order valence-corrected chi connectivity index (χ0v) is 10.2. The van der Waals surface area contributed by atoms with E-state index >= 15 is 0 Å². The summed E-state index contributed by atoms with van der Waals surface area (Å²) in [5.41, 5.74) is 7.87. The molecule has 1 atom stereocenters. The van der Waals surface area contributed by atoms with Gasteiger partial charge in [-0.3, -0.25) is 0 Å². The fraction of sp³-hybridized carbons (Fsp3) is 0.545. The summed E-state index contributed by atoms with van der Waals surface area (Å²) in [6.07, 6.45) is 2.01. The maximum atomic E-state index is 11.9. The molecule has 0 radical (unpaired) electrons. The average Bonchev–Trinajstić information content (AvgIpc) is 2.64. The molecule has 4 nitrogen and oxygen atoms in total. The molecule has 2 amide bonds. The Morgan fingerprint density at radius 2 is 2.44 bits per heavy atom. The lowest BCUT2D eigenvalue weighted by molar-refractivity contribution is 0.193. The van der Waals surface area contributed by atoms with Crippen molar-refractivity contribution in [2.45, 2.75) is 25.8 Å². The van der Waals surface area contributed by atoms with Crippen molar-refractivity contribution in [3.05, 3.63) is 16.3 Å². The third kappa shape index (κ3) is 2.54. The first kappa shape index (κ1) is 11.4. The van der Waals surface area contributed by atoms with Crippen molar-refractivity contribution in [1.82, 2.24) is 4.90 Å². The molecule has 1 aromatic rings. The van der Waals surface area contributed by atoms with E-state index in [0.717, 1.165) is 30.6 Å². The minimum Gasteiger partial charge on any atom is -0.326 e. The van der Waals surface area contributed by atoms with Gasteiger partial charge in [0.1, 0.15) is 0 Å². The van der Waals surface area contributed by atoms with E-state index in [4.69, 9.17) is 5.73 Å². The van der Waals surface area contributed by atoms with Crippen LogP contribution in [0.4, 0.5) is 10.5 Å². The van der Waals surface area contributed by atoms with Crippen LogP contribution in [-0.2, 0) is 0 Å². The van der Waals surface area contributed by atoms with Crippen LogP contribution in [0.1, 0.15) is 18.4 Å². The van der Waals surface area contributed by atoms with Gasteiger partial charge in [0.2, 0.25) is 0 Å². The lowest BCUT2D eigenvalue weighted by Crippen LogP contribution is -2.47. The number of anilines is 1. The Morgan fingerprint density at radius 1 is 1.62 bits per heavy atom. The summed E-state index contributed by atoms with van der Waals surface area (Å²) in [4.78, 5) is 13.7. The van der Waals surface area contributed by atoms with Crippen LogP contribution in [-0.4, -0.2) is 30.1 Å². The molecule has 0 saturated carbocycles. The minimum absolute atomic E-state index is 0.0309. The number of amides is 2. The number of piperidine rings is 1. The lowest BCUT2D eigenvalue weighted by atomic mass is 10.1. The molecule has 1 aliphatic rings. The third-order valence-corrected chi connectivity index (χ3v) is 3.70. The highest BCUT2D eigenvalue weighted by Gasteiger charge is 2.21. The summed E-state index contributed by atoms with van der Waals surface area (Å²) in [5, 5.41) is 6.90. The van der Waals surface area contributed by atoms with E-state index in [2.05, 4.69) is 5.32 Å². The molecule has 3 N–H and O–H groups in total. The largest absolute Gasteiger partial charge is 0.326 e. The highest BCUT2D eigenvalue weighted by Crippen LogP contribution is 2.20. The SMILES string of the molecule is Cc1cscc1NC(=O)N1CCCC(N)C1. The number of aryl methyl sites for hydroxylation is 1. The summed E-state index contributed by atoms with van der Waals surface area (Å²) in [6, 6.07) is 0.0970. The van der Waals surface area contributed by atoms with Crippen molar-refractivity contribution < 1.29 is 4.79 Å². The van der Waals surface area contributed by atoms with Gasteiger partial charge in [0.15, 0.2) is 0 Å². The van der Waals surface area contributed by atoms with Crippen LogP contribution in [0.5, 0.6) is 0 Å². The van der Waals surface area contributed by atoms with Crippen molar-refractivity contribution in [3.63, 3.8) is 0 Å². The molecule has 1 saturated heterocycles. The van der Waals surface area contributed by atoms with Crippen molar-refractivity contribution in [2.75, 3.05) is 18.4 Å². The maximum Gasteiger partial charge on any atom is 0.321 e. The van der Waals surface area contributed by atoms with Crippen LogP contribution < -0.4 is 11.1 Å². The molecule has 88 valence electrons. The lowest BCUT2D eigenvalue weighted by Gasteiger charge is -2.30. The molecule has 2 rings (SSSR count). The number of nitrogens with zero attached hydrogens (tertiary/aromatic N) is 1. The standard InChI is InChI=1S/C11H17N3OS/c1-8-6-16-7-10(8)13-11(15)14-4-2-3-9(12)5-14/h6-7,9H,2-5,12H2,1H3,(H,13,15).